The van der Waals surface area contributed by atoms with Crippen molar-refractivity contribution < 1.29 is 32.2 Å². The molecular formula is C19H21F4N3O3. The minimum atomic E-state index is -5.08. The van der Waals surface area contributed by atoms with E-state index < -0.39 is 18.0 Å². The van der Waals surface area contributed by atoms with E-state index in [-0.39, 0.29) is 6.10 Å². The molecule has 29 heavy (non-hydrogen) atoms. The van der Waals surface area contributed by atoms with Crippen LogP contribution in [0.5, 0.6) is 0 Å². The Kier molecular flexibility index (Phi) is 7.89. The number of carbonyl (C=O) groups is 1. The van der Waals surface area contributed by atoms with Gasteiger partial charge in [-0.15, -0.1) is 0 Å². The first-order valence-corrected chi connectivity index (χ1v) is 8.80. The van der Waals surface area contributed by atoms with Gasteiger partial charge in [0, 0.05) is 26.1 Å². The van der Waals surface area contributed by atoms with Crippen molar-refractivity contribution in [1.82, 2.24) is 9.97 Å². The molecule has 2 aromatic rings. The number of anilines is 1. The van der Waals surface area contributed by atoms with Gasteiger partial charge in [0.15, 0.2) is 5.82 Å². The van der Waals surface area contributed by atoms with Crippen molar-refractivity contribution in [2.45, 2.75) is 25.1 Å². The minimum Gasteiger partial charge on any atom is -0.475 e. The number of ether oxygens (including phenoxy) is 1. The van der Waals surface area contributed by atoms with Gasteiger partial charge in [0.25, 0.3) is 0 Å². The highest BCUT2D eigenvalue weighted by molar-refractivity contribution is 5.73. The van der Waals surface area contributed by atoms with Crippen LogP contribution in [0, 0.1) is 11.7 Å². The van der Waals surface area contributed by atoms with Crippen molar-refractivity contribution in [3.63, 3.8) is 0 Å². The third-order valence-corrected chi connectivity index (χ3v) is 4.44. The number of hydrogen-bond acceptors (Lipinski definition) is 5. The third-order valence-electron chi connectivity index (χ3n) is 4.44. The van der Waals surface area contributed by atoms with E-state index in [1.807, 2.05) is 6.07 Å². The molecule has 10 heteroatoms. The Morgan fingerprint density at radius 1 is 1.24 bits per heavy atom. The normalized spacial score (nSPS) is 19.3. The van der Waals surface area contributed by atoms with Gasteiger partial charge in [0.05, 0.1) is 18.5 Å². The van der Waals surface area contributed by atoms with E-state index in [2.05, 4.69) is 39.1 Å². The number of benzene rings is 1. The molecule has 1 aromatic heterocycles. The number of nitrogens with zero attached hydrogens (tertiary/aromatic N) is 3. The Morgan fingerprint density at radius 2 is 1.83 bits per heavy atom. The van der Waals surface area contributed by atoms with Crippen molar-refractivity contribution in [3.8, 4) is 0 Å². The van der Waals surface area contributed by atoms with Crippen LogP contribution in [0.15, 0.2) is 42.7 Å². The highest BCUT2D eigenvalue weighted by atomic mass is 19.4. The maximum Gasteiger partial charge on any atom is 0.490 e. The summed E-state index contributed by atoms with van der Waals surface area (Å²) >= 11 is 0. The predicted molar refractivity (Wildman–Crippen MR) is 96.9 cm³/mol. The van der Waals surface area contributed by atoms with Crippen LogP contribution in [0.1, 0.15) is 12.0 Å². The second-order valence-electron chi connectivity index (χ2n) is 6.46. The topological polar surface area (TPSA) is 75.5 Å². The Morgan fingerprint density at radius 3 is 2.34 bits per heavy atom. The first kappa shape index (κ1) is 22.5. The van der Waals surface area contributed by atoms with E-state index >= 15 is 0 Å². The van der Waals surface area contributed by atoms with Crippen molar-refractivity contribution >= 4 is 11.9 Å². The Bertz CT molecular complexity index is 773. The van der Waals surface area contributed by atoms with Gasteiger partial charge in [-0.1, -0.05) is 30.3 Å². The minimum absolute atomic E-state index is 0.233. The summed E-state index contributed by atoms with van der Waals surface area (Å²) in [6.45, 7) is 1.65. The zero-order valence-corrected chi connectivity index (χ0v) is 15.6. The number of aliphatic carboxylic acids is 1. The summed E-state index contributed by atoms with van der Waals surface area (Å²) in [5.74, 6) is -2.20. The number of methoxy groups -OCH3 is 1. The number of aromatic nitrogens is 2. The smallest absolute Gasteiger partial charge is 0.475 e. The van der Waals surface area contributed by atoms with E-state index in [0.717, 1.165) is 25.9 Å². The first-order chi connectivity index (χ1) is 13.7. The molecule has 1 aromatic carbocycles. The number of carboxylic acid groups (broad SMARTS) is 1. The number of rotatable bonds is 4. The Hall–Kier alpha value is -2.75. The van der Waals surface area contributed by atoms with E-state index in [1.54, 1.807) is 7.11 Å². The molecule has 1 aliphatic heterocycles. The predicted octanol–water partition coefficient (Wildman–Crippen LogP) is 3.33. The molecule has 0 spiro atoms. The van der Waals surface area contributed by atoms with Crippen molar-refractivity contribution in [2.75, 3.05) is 25.1 Å². The Balaban J connectivity index is 0.000000370. The van der Waals surface area contributed by atoms with Gasteiger partial charge in [0.2, 0.25) is 5.95 Å². The van der Waals surface area contributed by atoms with Gasteiger partial charge in [-0.25, -0.2) is 19.2 Å². The fourth-order valence-electron chi connectivity index (χ4n) is 3.08. The van der Waals surface area contributed by atoms with Gasteiger partial charge in [0.1, 0.15) is 0 Å². The number of hydrogen-bond donors (Lipinski definition) is 1. The summed E-state index contributed by atoms with van der Waals surface area (Å²) in [5, 5.41) is 7.12. The highest BCUT2D eigenvalue weighted by Gasteiger charge is 2.38. The number of alkyl halides is 3. The number of halogens is 4. The highest BCUT2D eigenvalue weighted by Crippen LogP contribution is 2.25. The van der Waals surface area contributed by atoms with Gasteiger partial charge in [-0.2, -0.15) is 13.2 Å². The van der Waals surface area contributed by atoms with E-state index in [4.69, 9.17) is 14.6 Å². The fourth-order valence-corrected chi connectivity index (χ4v) is 3.08. The molecular weight excluding hydrogens is 394 g/mol. The molecule has 1 aliphatic rings. The second-order valence-corrected chi connectivity index (χ2v) is 6.46. The van der Waals surface area contributed by atoms with Crippen LogP contribution in [-0.2, 0) is 16.0 Å². The van der Waals surface area contributed by atoms with Crippen LogP contribution in [0.3, 0.4) is 0 Å². The molecule has 0 amide bonds. The average Bonchev–Trinajstić information content (AvgIpc) is 2.69. The van der Waals surface area contributed by atoms with Crippen LogP contribution >= 0.6 is 0 Å². The van der Waals surface area contributed by atoms with Crippen LogP contribution in [0.25, 0.3) is 0 Å². The number of carboxylic acids is 1. The largest absolute Gasteiger partial charge is 0.490 e. The SMILES string of the molecule is CO[C@H]1CCN(c2ncc(F)cn2)C[C@@H]1Cc1ccccc1.O=C(O)C(F)(F)F. The summed E-state index contributed by atoms with van der Waals surface area (Å²) < 4.78 is 50.4. The quantitative estimate of drug-likeness (QED) is 0.772. The lowest BCUT2D eigenvalue weighted by atomic mass is 9.88. The lowest BCUT2D eigenvalue weighted by Gasteiger charge is -2.38. The summed E-state index contributed by atoms with van der Waals surface area (Å²) in [4.78, 5) is 19.2. The molecule has 1 fully saturated rings. The molecule has 3 rings (SSSR count). The maximum absolute atomic E-state index is 13.0. The molecule has 6 nitrogen and oxygen atoms in total. The first-order valence-electron chi connectivity index (χ1n) is 8.80. The molecule has 158 valence electrons. The summed E-state index contributed by atoms with van der Waals surface area (Å²) in [6.07, 6.45) is -0.531. The molecule has 0 saturated carbocycles. The van der Waals surface area contributed by atoms with Crippen LogP contribution < -0.4 is 4.90 Å². The monoisotopic (exact) mass is 415 g/mol. The zero-order valence-electron chi connectivity index (χ0n) is 15.6. The standard InChI is InChI=1S/C17H20FN3O.C2HF3O2/c1-22-16-7-8-21(17-19-10-15(18)11-20-17)12-14(16)9-13-5-3-2-4-6-13;3-2(4,5)1(6)7/h2-6,10-11,14,16H,7-9,12H2,1H3;(H,6,7)/t14-,16-;/m0./s1. The van der Waals surface area contributed by atoms with Crippen LogP contribution in [0.4, 0.5) is 23.5 Å². The Labute approximate surface area is 165 Å². The van der Waals surface area contributed by atoms with Crippen LogP contribution in [-0.4, -0.2) is 53.5 Å². The summed E-state index contributed by atoms with van der Waals surface area (Å²) in [6, 6.07) is 10.4. The average molecular weight is 415 g/mol. The fraction of sp³-hybridized carbons (Fsp3) is 0.421. The van der Waals surface area contributed by atoms with Crippen LogP contribution in [0.2, 0.25) is 0 Å². The van der Waals surface area contributed by atoms with E-state index in [1.165, 1.54) is 18.0 Å². The zero-order chi connectivity index (χ0) is 21.4. The molecule has 1 saturated heterocycles. The second kappa shape index (κ2) is 10.1. The molecule has 0 bridgehead atoms. The van der Waals surface area contributed by atoms with Gasteiger partial charge in [-0.05, 0) is 18.4 Å². The maximum atomic E-state index is 13.0. The lowest BCUT2D eigenvalue weighted by Crippen LogP contribution is -2.45. The lowest BCUT2D eigenvalue weighted by molar-refractivity contribution is -0.192. The molecule has 2 heterocycles. The summed E-state index contributed by atoms with van der Waals surface area (Å²) in [5.41, 5.74) is 1.30. The molecule has 1 N–H and O–H groups in total. The summed E-state index contributed by atoms with van der Waals surface area (Å²) in [7, 11) is 1.77. The van der Waals surface area contributed by atoms with Gasteiger partial charge < -0.3 is 14.7 Å². The van der Waals surface area contributed by atoms with Gasteiger partial charge in [-0.3, -0.25) is 0 Å². The van der Waals surface area contributed by atoms with Crippen molar-refractivity contribution in [3.05, 3.63) is 54.1 Å². The molecule has 0 unspecified atom stereocenters. The van der Waals surface area contributed by atoms with Gasteiger partial charge >= 0.3 is 12.1 Å². The third kappa shape index (κ3) is 6.97. The molecule has 2 atom stereocenters. The van der Waals surface area contributed by atoms with Crippen molar-refractivity contribution in [1.29, 1.82) is 0 Å². The molecule has 0 radical (unpaired) electrons. The molecule has 0 aliphatic carbocycles. The van der Waals surface area contributed by atoms with Crippen molar-refractivity contribution in [2.24, 2.45) is 5.92 Å². The van der Waals surface area contributed by atoms with E-state index in [0.29, 0.717) is 11.9 Å². The number of piperidine rings is 1. The van der Waals surface area contributed by atoms with E-state index in [9.17, 15) is 17.6 Å².